The molecule has 0 heterocycles. The van der Waals surface area contributed by atoms with Crippen molar-refractivity contribution in [2.45, 2.75) is 44.7 Å². The fraction of sp³-hybridized carbons (Fsp3) is 0.163. The fourth-order valence-electron chi connectivity index (χ4n) is 7.01. The van der Waals surface area contributed by atoms with Gasteiger partial charge in [-0.3, -0.25) is 0 Å². The Labute approximate surface area is 276 Å². The number of fused-ring (bicyclic) bond motifs is 3. The van der Waals surface area contributed by atoms with Crippen molar-refractivity contribution >= 4 is 0 Å². The molecule has 47 heavy (non-hydrogen) atoms. The number of hydrogen-bond donors (Lipinski definition) is 2. The van der Waals surface area contributed by atoms with Gasteiger partial charge in [0.25, 0.3) is 0 Å². The number of ether oxygens (including phenoxy) is 2. The van der Waals surface area contributed by atoms with E-state index in [1.54, 1.807) is 0 Å². The van der Waals surface area contributed by atoms with Gasteiger partial charge < -0.3 is 19.7 Å². The monoisotopic (exact) mass is 618 g/mol. The Morgan fingerprint density at radius 3 is 1.17 bits per heavy atom. The molecule has 2 unspecified atom stereocenters. The average molecular weight is 619 g/mol. The third-order valence-corrected chi connectivity index (χ3v) is 9.17. The first-order valence-electron chi connectivity index (χ1n) is 16.3. The molecular formula is C43H38O4. The summed E-state index contributed by atoms with van der Waals surface area (Å²) in [4.78, 5) is 0. The number of aliphatic hydroxyl groups excluding tert-OH is 2. The molecule has 1 aliphatic rings. The second-order valence-electron chi connectivity index (χ2n) is 11.9. The van der Waals surface area contributed by atoms with Crippen LogP contribution in [-0.2, 0) is 5.41 Å². The highest BCUT2D eigenvalue weighted by molar-refractivity contribution is 5.90. The van der Waals surface area contributed by atoms with Gasteiger partial charge in [0, 0.05) is 35.1 Å². The lowest BCUT2D eigenvalue weighted by Crippen LogP contribution is -2.32. The van der Waals surface area contributed by atoms with Gasteiger partial charge in [-0.1, -0.05) is 159 Å². The van der Waals surface area contributed by atoms with Crippen LogP contribution < -0.4 is 9.47 Å². The van der Waals surface area contributed by atoms with Crippen LogP contribution in [0.4, 0.5) is 0 Å². The maximum atomic E-state index is 11.1. The lowest BCUT2D eigenvalue weighted by atomic mass is 9.66. The average Bonchev–Trinajstić information content (AvgIpc) is 3.43. The van der Waals surface area contributed by atoms with E-state index in [4.69, 9.17) is 9.47 Å². The van der Waals surface area contributed by atoms with E-state index in [0.29, 0.717) is 24.3 Å². The quantitative estimate of drug-likeness (QED) is 0.150. The molecular weight excluding hydrogens is 580 g/mol. The Balaban J connectivity index is 1.66. The Morgan fingerprint density at radius 2 is 0.766 bits per heavy atom. The molecule has 2 N–H and O–H groups in total. The van der Waals surface area contributed by atoms with Crippen molar-refractivity contribution in [1.29, 1.82) is 0 Å². The molecule has 0 aliphatic heterocycles. The standard InChI is InChI=1S/C43H38O4/c1-3-39(44)46-41-31(29-17-7-5-8-18-29)23-15-27-37(41)43(35-25-13-11-21-33(35)34-22-12-14-26-36(34)43)38-28-16-24-32(30-19-9-6-10-20-30)42(38)47-40(45)4-2/h5-28,39-40,44-45H,3-4H2,1-2H3. The molecule has 1 aliphatic carbocycles. The van der Waals surface area contributed by atoms with Crippen LogP contribution in [0.5, 0.6) is 11.5 Å². The van der Waals surface area contributed by atoms with E-state index >= 15 is 0 Å². The van der Waals surface area contributed by atoms with Crippen LogP contribution in [0, 0.1) is 0 Å². The van der Waals surface area contributed by atoms with Gasteiger partial charge in [0.1, 0.15) is 11.5 Å². The number of rotatable bonds is 10. The van der Waals surface area contributed by atoms with E-state index in [0.717, 1.165) is 55.6 Å². The Kier molecular flexibility index (Phi) is 8.38. The molecule has 4 heteroatoms. The van der Waals surface area contributed by atoms with Crippen LogP contribution in [0.15, 0.2) is 146 Å². The van der Waals surface area contributed by atoms with E-state index in [9.17, 15) is 10.2 Å². The fourth-order valence-corrected chi connectivity index (χ4v) is 7.01. The molecule has 0 radical (unpaired) electrons. The van der Waals surface area contributed by atoms with E-state index in [-0.39, 0.29) is 0 Å². The van der Waals surface area contributed by atoms with Crippen molar-refractivity contribution in [2.75, 3.05) is 0 Å². The third-order valence-electron chi connectivity index (χ3n) is 9.17. The van der Waals surface area contributed by atoms with Gasteiger partial charge >= 0.3 is 0 Å². The molecule has 7 rings (SSSR count). The van der Waals surface area contributed by atoms with E-state index < -0.39 is 18.0 Å². The number of benzene rings is 6. The van der Waals surface area contributed by atoms with Crippen LogP contribution in [0.3, 0.4) is 0 Å². The van der Waals surface area contributed by atoms with Crippen LogP contribution in [-0.4, -0.2) is 22.8 Å². The van der Waals surface area contributed by atoms with Crippen LogP contribution in [0.25, 0.3) is 33.4 Å². The summed E-state index contributed by atoms with van der Waals surface area (Å²) in [6.07, 6.45) is -1.20. The minimum Gasteiger partial charge on any atom is -0.464 e. The molecule has 234 valence electrons. The summed E-state index contributed by atoms with van der Waals surface area (Å²) in [7, 11) is 0. The maximum absolute atomic E-state index is 11.1. The first kappa shape index (κ1) is 30.5. The summed E-state index contributed by atoms with van der Waals surface area (Å²) in [5, 5.41) is 22.2. The van der Waals surface area contributed by atoms with E-state index in [1.165, 1.54) is 0 Å². The van der Waals surface area contributed by atoms with Crippen molar-refractivity contribution in [3.05, 3.63) is 168 Å². The summed E-state index contributed by atoms with van der Waals surface area (Å²) >= 11 is 0. The first-order chi connectivity index (χ1) is 23.1. The smallest absolute Gasteiger partial charge is 0.197 e. The lowest BCUT2D eigenvalue weighted by molar-refractivity contribution is -0.0203. The summed E-state index contributed by atoms with van der Waals surface area (Å²) < 4.78 is 13.2. The summed E-state index contributed by atoms with van der Waals surface area (Å²) in [5.41, 5.74) is 8.93. The molecule has 0 saturated carbocycles. The molecule has 0 fully saturated rings. The van der Waals surface area contributed by atoms with Gasteiger partial charge in [0.15, 0.2) is 12.6 Å². The van der Waals surface area contributed by atoms with Crippen molar-refractivity contribution in [3.63, 3.8) is 0 Å². The lowest BCUT2D eigenvalue weighted by Gasteiger charge is -2.37. The molecule has 0 spiro atoms. The first-order valence-corrected chi connectivity index (χ1v) is 16.3. The largest absolute Gasteiger partial charge is 0.464 e. The predicted molar refractivity (Wildman–Crippen MR) is 188 cm³/mol. The Bertz CT molecular complexity index is 1850. The molecule has 0 saturated heterocycles. The normalized spacial score (nSPS) is 14.1. The molecule has 4 nitrogen and oxygen atoms in total. The van der Waals surface area contributed by atoms with Gasteiger partial charge in [-0.15, -0.1) is 0 Å². The molecule has 2 atom stereocenters. The van der Waals surface area contributed by atoms with Gasteiger partial charge in [0.05, 0.1) is 5.41 Å². The van der Waals surface area contributed by atoms with Gasteiger partial charge in [-0.25, -0.2) is 0 Å². The highest BCUT2D eigenvalue weighted by Crippen LogP contribution is 2.61. The third kappa shape index (κ3) is 5.20. The zero-order chi connectivity index (χ0) is 32.4. The number of aliphatic hydroxyl groups is 2. The number of hydrogen-bond acceptors (Lipinski definition) is 4. The van der Waals surface area contributed by atoms with Gasteiger partial charge in [0.2, 0.25) is 0 Å². The van der Waals surface area contributed by atoms with Crippen molar-refractivity contribution < 1.29 is 19.7 Å². The molecule has 6 aromatic carbocycles. The topological polar surface area (TPSA) is 58.9 Å². The van der Waals surface area contributed by atoms with Crippen molar-refractivity contribution in [2.24, 2.45) is 0 Å². The zero-order valence-corrected chi connectivity index (χ0v) is 26.6. The highest BCUT2D eigenvalue weighted by Gasteiger charge is 2.50. The van der Waals surface area contributed by atoms with Crippen LogP contribution >= 0.6 is 0 Å². The zero-order valence-electron chi connectivity index (χ0n) is 26.6. The number of para-hydroxylation sites is 2. The molecule has 0 amide bonds. The predicted octanol–water partition coefficient (Wildman–Crippen LogP) is 9.60. The van der Waals surface area contributed by atoms with Crippen molar-refractivity contribution in [1.82, 2.24) is 0 Å². The highest BCUT2D eigenvalue weighted by atomic mass is 16.6. The molecule has 6 aromatic rings. The van der Waals surface area contributed by atoms with Gasteiger partial charge in [-0.2, -0.15) is 0 Å². The maximum Gasteiger partial charge on any atom is 0.197 e. The Morgan fingerprint density at radius 1 is 0.426 bits per heavy atom. The Hall–Kier alpha value is -5.16. The van der Waals surface area contributed by atoms with Gasteiger partial charge in [-0.05, 0) is 33.4 Å². The second kappa shape index (κ2) is 12.9. The summed E-state index contributed by atoms with van der Waals surface area (Å²) in [6.45, 7) is 3.82. The summed E-state index contributed by atoms with van der Waals surface area (Å²) in [5.74, 6) is 1.21. The minimum absolute atomic E-state index is 0.420. The second-order valence-corrected chi connectivity index (χ2v) is 11.9. The minimum atomic E-state index is -1.02. The van der Waals surface area contributed by atoms with Crippen LogP contribution in [0.2, 0.25) is 0 Å². The summed E-state index contributed by atoms with van der Waals surface area (Å²) in [6, 6.07) is 49.8. The molecule has 0 bridgehead atoms. The SMILES string of the molecule is CCC(O)Oc1c(-c2ccccc2)cccc1C1(c2cccc(-c3ccccc3)c2OC(O)CC)c2ccccc2-c2ccccc21. The van der Waals surface area contributed by atoms with E-state index in [1.807, 2.05) is 50.2 Å². The van der Waals surface area contributed by atoms with Crippen LogP contribution in [0.1, 0.15) is 48.9 Å². The van der Waals surface area contributed by atoms with Crippen molar-refractivity contribution in [3.8, 4) is 44.9 Å². The molecule has 0 aromatic heterocycles. The van der Waals surface area contributed by atoms with E-state index in [2.05, 4.69) is 109 Å².